The molecule has 0 N–H and O–H groups in total. The maximum absolute atomic E-state index is 14.6. The Bertz CT molecular complexity index is 1230. The lowest BCUT2D eigenvalue weighted by Crippen LogP contribution is -2.59. The van der Waals surface area contributed by atoms with Gasteiger partial charge in [-0.3, -0.25) is 9.59 Å². The number of hydrogen-bond donors (Lipinski definition) is 0. The number of rotatable bonds is 8. The number of carbonyl (C=O) groups is 2. The summed E-state index contributed by atoms with van der Waals surface area (Å²) < 4.78 is 43.4. The molecule has 0 aromatic rings. The minimum Gasteiger partial charge on any atom is -0.462 e. The Morgan fingerprint density at radius 2 is 1.61 bits per heavy atom. The average molecular weight is 705 g/mol. The summed E-state index contributed by atoms with van der Waals surface area (Å²) in [6, 6.07) is 0. The first-order chi connectivity index (χ1) is 23.1. The number of carbonyl (C=O) groups excluding carboxylic acids is 2. The van der Waals surface area contributed by atoms with Crippen molar-refractivity contribution < 1.29 is 42.4 Å². The number of esters is 1. The molecule has 14 atom stereocenters. The van der Waals surface area contributed by atoms with Gasteiger partial charge in [0.25, 0.3) is 0 Å². The van der Waals surface area contributed by atoms with Crippen molar-refractivity contribution in [1.82, 2.24) is 0 Å². The second kappa shape index (κ2) is 15.7. The van der Waals surface area contributed by atoms with Crippen molar-refractivity contribution in [3.63, 3.8) is 0 Å². The van der Waals surface area contributed by atoms with Crippen LogP contribution in [-0.4, -0.2) is 90.4 Å². The number of cyclic esters (lactones) is 1. The van der Waals surface area contributed by atoms with Crippen molar-refractivity contribution in [3.8, 4) is 0 Å². The Morgan fingerprint density at radius 3 is 2.24 bits per heavy atom. The van der Waals surface area contributed by atoms with Gasteiger partial charge in [0.15, 0.2) is 20.4 Å². The third kappa shape index (κ3) is 8.01. The van der Waals surface area contributed by atoms with Gasteiger partial charge >= 0.3 is 5.97 Å². The average Bonchev–Trinajstić information content (AvgIpc) is 3.62. The van der Waals surface area contributed by atoms with Gasteiger partial charge in [0.2, 0.25) is 0 Å². The Balaban J connectivity index is 1.39. The molecule has 5 aliphatic rings. The van der Waals surface area contributed by atoms with Crippen molar-refractivity contribution in [1.29, 1.82) is 0 Å². The first-order valence-corrected chi connectivity index (χ1v) is 21.8. The fraction of sp³-hybridized carbons (Fsp3) is 0.846. The first kappa shape index (κ1) is 38.8. The van der Waals surface area contributed by atoms with Crippen LogP contribution in [0.25, 0.3) is 0 Å². The van der Waals surface area contributed by atoms with Crippen LogP contribution in [0.5, 0.6) is 0 Å². The second-order valence-electron chi connectivity index (χ2n) is 16.9. The molecule has 0 spiro atoms. The zero-order valence-corrected chi connectivity index (χ0v) is 32.9. The molecule has 3 aliphatic carbocycles. The van der Waals surface area contributed by atoms with Crippen molar-refractivity contribution in [2.24, 2.45) is 35.5 Å². The van der Waals surface area contributed by atoms with Crippen LogP contribution >= 0.6 is 0 Å². The van der Waals surface area contributed by atoms with E-state index >= 15 is 0 Å². The smallest absolute Gasteiger partial charge is 0.306 e. The largest absolute Gasteiger partial charge is 0.462 e. The van der Waals surface area contributed by atoms with E-state index in [0.717, 1.165) is 44.1 Å². The van der Waals surface area contributed by atoms with Crippen LogP contribution in [0.4, 0.5) is 0 Å². The summed E-state index contributed by atoms with van der Waals surface area (Å²) in [5, 5.41) is 0.0336. The van der Waals surface area contributed by atoms with Gasteiger partial charge < -0.3 is 32.8 Å². The van der Waals surface area contributed by atoms with Gasteiger partial charge in [-0.2, -0.15) is 0 Å². The van der Waals surface area contributed by atoms with Crippen molar-refractivity contribution in [3.05, 3.63) is 23.8 Å². The van der Waals surface area contributed by atoms with Crippen LogP contribution < -0.4 is 0 Å². The SMILES string of the molecule is CC[C@H]1CCC[C@@H](O[Si](C)(C)C(C)(C)C)[C@@H](C)C(=O)C2=C[C@@H]3[C@@H](C=C[C@@H]4C[C@H](O[C@@H]5O[C@@H](C)[C@H](OC)[C@@H](OC)[C@H]5OC)C[C@@H]34)[C@@H]2CC(=O)O1. The molecule has 2 heterocycles. The highest BCUT2D eigenvalue weighted by molar-refractivity contribution is 6.74. The van der Waals surface area contributed by atoms with E-state index < -0.39 is 20.7 Å². The summed E-state index contributed by atoms with van der Waals surface area (Å²) >= 11 is 0. The summed E-state index contributed by atoms with van der Waals surface area (Å²) in [4.78, 5) is 28.1. The molecule has 0 radical (unpaired) electrons. The Kier molecular flexibility index (Phi) is 12.4. The van der Waals surface area contributed by atoms with Crippen LogP contribution in [-0.2, 0) is 42.4 Å². The molecule has 5 rings (SSSR count). The zero-order chi connectivity index (χ0) is 35.8. The van der Waals surface area contributed by atoms with Crippen LogP contribution in [0.2, 0.25) is 18.1 Å². The van der Waals surface area contributed by atoms with Gasteiger partial charge in [-0.05, 0) is 92.8 Å². The molecule has 49 heavy (non-hydrogen) atoms. The third-order valence-corrected chi connectivity index (χ3v) is 17.4. The zero-order valence-electron chi connectivity index (χ0n) is 31.9. The standard InChI is InChI=1S/C39H64O9Si/c1-12-25-14-13-15-32(48-49(10,11)39(4,5)6)22(2)34(41)31-20-29-27(30(31)21-33(40)46-25)17-16-24-18-26(19-28(24)29)47-38-37(44-9)36(43-8)35(42-7)23(3)45-38/h16-17,20,22-30,32,35-38H,12-15,18-19,21H2,1-11H3/t22-,23+,24-,25+,26+,27-,28-,29-,30+,32-,35+,36-,37-,38+/m1/s1. The molecule has 0 aromatic heterocycles. The number of methoxy groups -OCH3 is 3. The van der Waals surface area contributed by atoms with Gasteiger partial charge in [-0.1, -0.05) is 52.8 Å². The number of ether oxygens (including phenoxy) is 6. The predicted molar refractivity (Wildman–Crippen MR) is 190 cm³/mol. The topological polar surface area (TPSA) is 98.8 Å². The lowest BCUT2D eigenvalue weighted by atomic mass is 9.70. The van der Waals surface area contributed by atoms with E-state index in [0.29, 0.717) is 11.8 Å². The van der Waals surface area contributed by atoms with E-state index in [2.05, 4.69) is 65.9 Å². The summed E-state index contributed by atoms with van der Waals surface area (Å²) in [5.74, 6) is 0.262. The molecule has 2 aliphatic heterocycles. The van der Waals surface area contributed by atoms with E-state index in [1.165, 1.54) is 0 Å². The molecular weight excluding hydrogens is 641 g/mol. The van der Waals surface area contributed by atoms with E-state index in [1.54, 1.807) is 21.3 Å². The highest BCUT2D eigenvalue weighted by Crippen LogP contribution is 2.54. The van der Waals surface area contributed by atoms with Gasteiger partial charge in [-0.25, -0.2) is 0 Å². The minimum atomic E-state index is -2.14. The van der Waals surface area contributed by atoms with Crippen molar-refractivity contribution in [2.75, 3.05) is 21.3 Å². The van der Waals surface area contributed by atoms with Gasteiger partial charge in [0.05, 0.1) is 24.7 Å². The van der Waals surface area contributed by atoms with E-state index in [1.807, 2.05) is 6.92 Å². The third-order valence-electron chi connectivity index (χ3n) is 12.9. The number of allylic oxidation sites excluding steroid dienone is 4. The monoisotopic (exact) mass is 704 g/mol. The summed E-state index contributed by atoms with van der Waals surface area (Å²) in [6.45, 7) is 17.4. The number of fused-ring (bicyclic) bond motifs is 5. The quantitative estimate of drug-likeness (QED) is 0.150. The first-order valence-electron chi connectivity index (χ1n) is 18.8. The molecule has 0 amide bonds. The Labute approximate surface area is 296 Å². The summed E-state index contributed by atoms with van der Waals surface area (Å²) in [6.07, 6.45) is 9.81. The molecular formula is C39H64O9Si. The lowest BCUT2D eigenvalue weighted by Gasteiger charge is -2.44. The van der Waals surface area contributed by atoms with Crippen molar-refractivity contribution in [2.45, 2.75) is 154 Å². The van der Waals surface area contributed by atoms with Gasteiger partial charge in [0, 0.05) is 33.2 Å². The van der Waals surface area contributed by atoms with Crippen LogP contribution in [0.1, 0.15) is 86.5 Å². The molecule has 2 saturated heterocycles. The van der Waals surface area contributed by atoms with E-state index in [-0.39, 0.29) is 83.5 Å². The maximum atomic E-state index is 14.6. The van der Waals surface area contributed by atoms with Crippen LogP contribution in [0.3, 0.4) is 0 Å². The summed E-state index contributed by atoms with van der Waals surface area (Å²) in [5.41, 5.74) is 0.795. The molecule has 1 saturated carbocycles. The maximum Gasteiger partial charge on any atom is 0.306 e. The highest BCUT2D eigenvalue weighted by Gasteiger charge is 2.53. The minimum absolute atomic E-state index is 0.0336. The molecule has 0 bridgehead atoms. The molecule has 3 fully saturated rings. The van der Waals surface area contributed by atoms with E-state index in [4.69, 9.17) is 32.8 Å². The van der Waals surface area contributed by atoms with E-state index in [9.17, 15) is 9.59 Å². The fourth-order valence-electron chi connectivity index (χ4n) is 9.02. The predicted octanol–water partition coefficient (Wildman–Crippen LogP) is 7.04. The number of Topliss-reactive ketones (excluding diaryl/α,β-unsaturated/α-hetero) is 1. The summed E-state index contributed by atoms with van der Waals surface area (Å²) in [7, 11) is 2.84. The van der Waals surface area contributed by atoms with Crippen LogP contribution in [0.15, 0.2) is 23.8 Å². The van der Waals surface area contributed by atoms with Crippen molar-refractivity contribution >= 4 is 20.1 Å². The normalized spacial score (nSPS) is 42.0. The molecule has 9 nitrogen and oxygen atoms in total. The molecule has 10 heteroatoms. The molecule has 0 aromatic carbocycles. The fourth-order valence-corrected chi connectivity index (χ4v) is 10.4. The Morgan fingerprint density at radius 1 is 0.918 bits per heavy atom. The number of ketones is 1. The molecule has 278 valence electrons. The van der Waals surface area contributed by atoms with Gasteiger partial charge in [-0.15, -0.1) is 0 Å². The number of hydrogen-bond acceptors (Lipinski definition) is 9. The van der Waals surface area contributed by atoms with Crippen LogP contribution in [0, 0.1) is 35.5 Å². The highest BCUT2D eigenvalue weighted by atomic mass is 28.4. The Hall–Kier alpha value is -1.40. The molecule has 0 unspecified atom stereocenters. The lowest BCUT2D eigenvalue weighted by molar-refractivity contribution is -0.314. The second-order valence-corrected chi connectivity index (χ2v) is 21.6. The van der Waals surface area contributed by atoms with Gasteiger partial charge in [0.1, 0.15) is 24.4 Å².